The molecule has 3 aromatic rings. The molecule has 1 aliphatic rings. The number of hydrogen-bond donors (Lipinski definition) is 1. The molecule has 0 aliphatic carbocycles. The van der Waals surface area contributed by atoms with Gasteiger partial charge in [0, 0.05) is 18.2 Å². The molecule has 0 bridgehead atoms. The van der Waals surface area contributed by atoms with Crippen LogP contribution in [0.2, 0.25) is 0 Å². The minimum Gasteiger partial charge on any atom is -0.491 e. The molecule has 184 valence electrons. The van der Waals surface area contributed by atoms with E-state index in [-0.39, 0.29) is 11.9 Å². The van der Waals surface area contributed by atoms with E-state index in [2.05, 4.69) is 19.8 Å². The van der Waals surface area contributed by atoms with Crippen molar-refractivity contribution in [2.75, 3.05) is 13.7 Å². The lowest BCUT2D eigenvalue weighted by Gasteiger charge is -2.25. The van der Waals surface area contributed by atoms with Crippen LogP contribution in [-0.4, -0.2) is 36.9 Å². The fraction of sp³-hybridized carbons (Fsp3) is 0.208. The lowest BCUT2D eigenvalue weighted by molar-refractivity contribution is -0.275. The van der Waals surface area contributed by atoms with Gasteiger partial charge in [0.15, 0.2) is 11.6 Å². The number of aromatic nitrogens is 1. The molecule has 0 fully saturated rings. The summed E-state index contributed by atoms with van der Waals surface area (Å²) in [6.07, 6.45) is -2.53. The van der Waals surface area contributed by atoms with Crippen molar-refractivity contribution in [1.82, 2.24) is 10.3 Å². The van der Waals surface area contributed by atoms with Gasteiger partial charge in [-0.1, -0.05) is 18.2 Å². The number of para-hydroxylation sites is 1. The van der Waals surface area contributed by atoms with Gasteiger partial charge in [0.05, 0.1) is 25.3 Å². The van der Waals surface area contributed by atoms with Crippen LogP contribution in [0, 0.1) is 5.82 Å². The van der Waals surface area contributed by atoms with Gasteiger partial charge in [-0.15, -0.1) is 13.2 Å². The average Bonchev–Trinajstić information content (AvgIpc) is 2.85. The molecule has 2 heterocycles. The normalized spacial score (nSPS) is 14.4. The van der Waals surface area contributed by atoms with Crippen LogP contribution in [0.4, 0.5) is 17.6 Å². The van der Waals surface area contributed by atoms with Crippen molar-refractivity contribution in [3.63, 3.8) is 0 Å². The molecular weight excluding hydrogens is 472 g/mol. The van der Waals surface area contributed by atoms with Gasteiger partial charge in [0.1, 0.15) is 11.4 Å². The number of rotatable bonds is 4. The van der Waals surface area contributed by atoms with Crippen LogP contribution in [0.25, 0.3) is 0 Å². The third-order valence-electron chi connectivity index (χ3n) is 4.71. The standard InChI is InChI=1S/C17H16N2O4.C7H4F4O/c1-22-17(21)12-5-2-4-11(10-12)16(20)19-13-7-9-23-14-6-3-8-18-15(13)14;8-5-3-1-2-4-6(5)12-7(9,10)11/h2-6,8,10,13H,7,9H2,1H3,(H,19,20);1-4H. The molecule has 1 aromatic heterocycles. The smallest absolute Gasteiger partial charge is 0.491 e. The van der Waals surface area contributed by atoms with Crippen LogP contribution in [0.15, 0.2) is 66.9 Å². The number of hydrogen-bond acceptors (Lipinski definition) is 6. The van der Waals surface area contributed by atoms with Crippen molar-refractivity contribution in [2.45, 2.75) is 18.8 Å². The first-order valence-corrected chi connectivity index (χ1v) is 10.2. The van der Waals surface area contributed by atoms with E-state index in [1.54, 1.807) is 30.5 Å². The molecule has 1 aliphatic heterocycles. The second kappa shape index (κ2) is 11.3. The Hall–Kier alpha value is -4.15. The van der Waals surface area contributed by atoms with Gasteiger partial charge >= 0.3 is 12.3 Å². The molecule has 1 amide bonds. The molecule has 0 saturated carbocycles. The molecule has 1 N–H and O–H groups in total. The van der Waals surface area contributed by atoms with Crippen molar-refractivity contribution in [1.29, 1.82) is 0 Å². The number of benzene rings is 2. The lowest BCUT2D eigenvalue weighted by Crippen LogP contribution is -2.32. The Morgan fingerprint density at radius 3 is 2.51 bits per heavy atom. The maximum absolute atomic E-state index is 12.5. The largest absolute Gasteiger partial charge is 0.573 e. The van der Waals surface area contributed by atoms with E-state index >= 15 is 0 Å². The maximum Gasteiger partial charge on any atom is 0.573 e. The molecule has 1 unspecified atom stereocenters. The Bertz CT molecular complexity index is 1190. The molecule has 2 aromatic carbocycles. The van der Waals surface area contributed by atoms with E-state index in [9.17, 15) is 27.2 Å². The van der Waals surface area contributed by atoms with Crippen LogP contribution in [0.5, 0.6) is 11.5 Å². The van der Waals surface area contributed by atoms with Gasteiger partial charge in [-0.3, -0.25) is 9.78 Å². The SMILES string of the molecule is COC(=O)c1cccc(C(=O)NC2CCOc3cccnc32)c1.Fc1ccccc1OC(F)(F)F. The van der Waals surface area contributed by atoms with Crippen molar-refractivity contribution in [3.8, 4) is 11.5 Å². The highest BCUT2D eigenvalue weighted by Gasteiger charge is 2.32. The second-order valence-electron chi connectivity index (χ2n) is 7.10. The number of nitrogens with one attached hydrogen (secondary N) is 1. The molecule has 0 saturated heterocycles. The number of carbonyl (C=O) groups excluding carboxylic acids is 2. The average molecular weight is 492 g/mol. The van der Waals surface area contributed by atoms with Crippen LogP contribution in [0.3, 0.4) is 0 Å². The number of halogens is 4. The molecule has 1 atom stereocenters. The number of ether oxygens (including phenoxy) is 3. The summed E-state index contributed by atoms with van der Waals surface area (Å²) in [4.78, 5) is 28.3. The van der Waals surface area contributed by atoms with Crippen LogP contribution < -0.4 is 14.8 Å². The zero-order valence-corrected chi connectivity index (χ0v) is 18.3. The van der Waals surface area contributed by atoms with E-state index in [1.807, 2.05) is 6.07 Å². The summed E-state index contributed by atoms with van der Waals surface area (Å²) in [5.41, 5.74) is 1.46. The summed E-state index contributed by atoms with van der Waals surface area (Å²) in [5.74, 6) is -1.90. The van der Waals surface area contributed by atoms with Crippen LogP contribution in [-0.2, 0) is 4.74 Å². The zero-order chi connectivity index (χ0) is 25.4. The van der Waals surface area contributed by atoms with Crippen LogP contribution >= 0.6 is 0 Å². The number of methoxy groups -OCH3 is 1. The van der Waals surface area contributed by atoms with Gasteiger partial charge in [-0.25, -0.2) is 9.18 Å². The number of amides is 1. The molecule has 4 rings (SSSR count). The van der Waals surface area contributed by atoms with E-state index in [4.69, 9.17) is 4.74 Å². The van der Waals surface area contributed by atoms with Gasteiger partial charge < -0.3 is 19.5 Å². The predicted molar refractivity (Wildman–Crippen MR) is 115 cm³/mol. The van der Waals surface area contributed by atoms with Crippen LogP contribution in [0.1, 0.15) is 38.9 Å². The van der Waals surface area contributed by atoms with Crippen molar-refractivity contribution in [3.05, 3.63) is 89.5 Å². The van der Waals surface area contributed by atoms with E-state index in [1.165, 1.54) is 25.3 Å². The van der Waals surface area contributed by atoms with Gasteiger partial charge in [0.2, 0.25) is 0 Å². The number of nitrogens with zero attached hydrogens (tertiary/aromatic N) is 1. The number of pyridine rings is 1. The summed E-state index contributed by atoms with van der Waals surface area (Å²) in [5, 5.41) is 2.94. The van der Waals surface area contributed by atoms with Crippen molar-refractivity contribution in [2.24, 2.45) is 0 Å². The highest BCUT2D eigenvalue weighted by molar-refractivity contribution is 5.98. The molecule has 11 heteroatoms. The summed E-state index contributed by atoms with van der Waals surface area (Å²) in [6, 6.07) is 14.2. The van der Waals surface area contributed by atoms with Gasteiger partial charge in [-0.2, -0.15) is 0 Å². The Kier molecular flexibility index (Phi) is 8.24. The fourth-order valence-electron chi connectivity index (χ4n) is 3.15. The quantitative estimate of drug-likeness (QED) is 0.414. The van der Waals surface area contributed by atoms with Gasteiger partial charge in [0.25, 0.3) is 5.91 Å². The predicted octanol–water partition coefficient (Wildman–Crippen LogP) is 4.85. The van der Waals surface area contributed by atoms with E-state index < -0.39 is 23.9 Å². The molecule has 7 nitrogen and oxygen atoms in total. The zero-order valence-electron chi connectivity index (χ0n) is 18.3. The highest BCUT2D eigenvalue weighted by Crippen LogP contribution is 2.30. The monoisotopic (exact) mass is 492 g/mol. The highest BCUT2D eigenvalue weighted by atomic mass is 19.4. The van der Waals surface area contributed by atoms with Gasteiger partial charge in [-0.05, 0) is 42.5 Å². The second-order valence-corrected chi connectivity index (χ2v) is 7.10. The minimum absolute atomic E-state index is 0.214. The third kappa shape index (κ3) is 7.16. The number of fused-ring (bicyclic) bond motifs is 1. The van der Waals surface area contributed by atoms with E-state index in [0.29, 0.717) is 29.9 Å². The number of esters is 1. The van der Waals surface area contributed by atoms with Crippen molar-refractivity contribution >= 4 is 11.9 Å². The molecule has 0 spiro atoms. The maximum atomic E-state index is 12.5. The Balaban J connectivity index is 0.000000241. The topological polar surface area (TPSA) is 86.8 Å². The van der Waals surface area contributed by atoms with Crippen molar-refractivity contribution < 1.29 is 41.4 Å². The molecule has 0 radical (unpaired) electrons. The lowest BCUT2D eigenvalue weighted by atomic mass is 10.0. The molecular formula is C24H20F4N2O5. The van der Waals surface area contributed by atoms with E-state index in [0.717, 1.165) is 17.8 Å². The Morgan fingerprint density at radius 1 is 1.06 bits per heavy atom. The third-order valence-corrected chi connectivity index (χ3v) is 4.71. The summed E-state index contributed by atoms with van der Waals surface area (Å²) < 4.78 is 60.7. The minimum atomic E-state index is -4.85. The first-order chi connectivity index (χ1) is 16.7. The summed E-state index contributed by atoms with van der Waals surface area (Å²) in [6.45, 7) is 0.520. The first-order valence-electron chi connectivity index (χ1n) is 10.2. The summed E-state index contributed by atoms with van der Waals surface area (Å²) >= 11 is 0. The Labute approximate surface area is 197 Å². The number of carbonyl (C=O) groups is 2. The number of alkyl halides is 3. The first kappa shape index (κ1) is 25.5. The fourth-order valence-corrected chi connectivity index (χ4v) is 3.15. The summed E-state index contributed by atoms with van der Waals surface area (Å²) in [7, 11) is 1.31. The Morgan fingerprint density at radius 2 is 1.80 bits per heavy atom. The molecule has 35 heavy (non-hydrogen) atoms.